The summed E-state index contributed by atoms with van der Waals surface area (Å²) in [4.78, 5) is 18.2. The van der Waals surface area contributed by atoms with Crippen molar-refractivity contribution in [3.05, 3.63) is 58.5 Å². The molecule has 1 aromatic heterocycles. The Morgan fingerprint density at radius 2 is 1.89 bits per heavy atom. The molecule has 1 aromatic carbocycles. The molecule has 0 aliphatic carbocycles. The molecular weight excluding hydrogens is 492 g/mol. The molecule has 0 saturated carbocycles. The Kier molecular flexibility index (Phi) is 8.02. The molecule has 1 saturated heterocycles. The summed E-state index contributed by atoms with van der Waals surface area (Å²) in [5.74, 6) is -2.08. The fraction of sp³-hybridized carbons (Fsp3) is 0.455. The van der Waals surface area contributed by atoms with Crippen LogP contribution in [0.15, 0.2) is 30.3 Å². The van der Waals surface area contributed by atoms with Gasteiger partial charge in [-0.25, -0.2) is 17.8 Å². The summed E-state index contributed by atoms with van der Waals surface area (Å²) in [5, 5.41) is 1.12. The lowest BCUT2D eigenvalue weighted by molar-refractivity contribution is -0.141. The second-order valence-electron chi connectivity index (χ2n) is 8.25. The lowest BCUT2D eigenvalue weighted by atomic mass is 9.98. The Morgan fingerprint density at radius 3 is 2.46 bits per heavy atom. The summed E-state index contributed by atoms with van der Waals surface area (Å²) in [5.41, 5.74) is 5.01. The number of rotatable bonds is 7. The van der Waals surface area contributed by atoms with Gasteiger partial charge in [0.25, 0.3) is 0 Å². The minimum Gasteiger partial charge on any atom is -0.378 e. The van der Waals surface area contributed by atoms with E-state index in [1.165, 1.54) is 25.1 Å². The first-order valence-corrected chi connectivity index (χ1v) is 12.7. The van der Waals surface area contributed by atoms with Gasteiger partial charge in [0.1, 0.15) is 22.7 Å². The van der Waals surface area contributed by atoms with Crippen molar-refractivity contribution in [2.24, 2.45) is 5.73 Å². The van der Waals surface area contributed by atoms with Gasteiger partial charge in [-0.3, -0.25) is 4.79 Å². The summed E-state index contributed by atoms with van der Waals surface area (Å²) in [6.45, 7) is 2.81. The van der Waals surface area contributed by atoms with E-state index in [9.17, 15) is 30.8 Å². The minimum atomic E-state index is -4.62. The van der Waals surface area contributed by atoms with Crippen LogP contribution in [0.1, 0.15) is 40.6 Å². The molecule has 13 heteroatoms. The van der Waals surface area contributed by atoms with Crippen LogP contribution in [0.4, 0.5) is 23.4 Å². The number of aromatic nitrogens is 1. The molecule has 192 valence electrons. The van der Waals surface area contributed by atoms with Gasteiger partial charge >= 0.3 is 6.18 Å². The third kappa shape index (κ3) is 6.47. The number of anilines is 1. The van der Waals surface area contributed by atoms with E-state index >= 15 is 0 Å². The van der Waals surface area contributed by atoms with Gasteiger partial charge in [0.15, 0.2) is 9.84 Å². The molecule has 1 aliphatic heterocycles. The number of pyridine rings is 1. The molecule has 3 rings (SSSR count). The Labute approximate surface area is 200 Å². The van der Waals surface area contributed by atoms with Crippen molar-refractivity contribution in [3.63, 3.8) is 0 Å². The highest BCUT2D eigenvalue weighted by Crippen LogP contribution is 2.31. The van der Waals surface area contributed by atoms with Crippen molar-refractivity contribution in [1.82, 2.24) is 10.3 Å². The molecular formula is C22H26F4N4O4S. The van der Waals surface area contributed by atoms with Crippen molar-refractivity contribution in [2.45, 2.75) is 30.9 Å². The summed E-state index contributed by atoms with van der Waals surface area (Å²) < 4.78 is 82.6. The van der Waals surface area contributed by atoms with Gasteiger partial charge < -0.3 is 20.7 Å². The number of alkyl halides is 3. The molecule has 0 spiro atoms. The number of carbonyl (C=O) groups excluding carboxylic acids is 1. The number of hydrogen-bond acceptors (Lipinski definition) is 7. The lowest BCUT2D eigenvalue weighted by Crippen LogP contribution is -2.38. The second kappa shape index (κ2) is 10.5. The van der Waals surface area contributed by atoms with E-state index in [4.69, 9.17) is 10.5 Å². The number of ether oxygens (including phenoxy) is 1. The van der Waals surface area contributed by atoms with Crippen molar-refractivity contribution in [1.29, 1.82) is 0 Å². The predicted molar refractivity (Wildman–Crippen MR) is 121 cm³/mol. The van der Waals surface area contributed by atoms with Gasteiger partial charge in [0.05, 0.1) is 19.1 Å². The highest BCUT2D eigenvalue weighted by Gasteiger charge is 2.34. The third-order valence-electron chi connectivity index (χ3n) is 5.70. The number of nitrogens with one attached hydrogen (secondary N) is 1. The molecule has 2 unspecified atom stereocenters. The van der Waals surface area contributed by atoms with Crippen molar-refractivity contribution < 1.29 is 35.5 Å². The van der Waals surface area contributed by atoms with Crippen LogP contribution in [-0.4, -0.2) is 51.9 Å². The van der Waals surface area contributed by atoms with Crippen molar-refractivity contribution in [3.8, 4) is 0 Å². The van der Waals surface area contributed by atoms with Crippen LogP contribution in [0, 0.1) is 5.82 Å². The lowest BCUT2D eigenvalue weighted by Gasteiger charge is -2.30. The number of hydrogen-bond donors (Lipinski definition) is 2. The maximum atomic E-state index is 14.5. The number of nitrogens with zero attached hydrogens (tertiary/aromatic N) is 2. The van der Waals surface area contributed by atoms with Crippen molar-refractivity contribution in [2.75, 3.05) is 37.5 Å². The van der Waals surface area contributed by atoms with E-state index < -0.39 is 44.7 Å². The molecule has 0 bridgehead atoms. The minimum absolute atomic E-state index is 0.0967. The molecule has 1 amide bonds. The monoisotopic (exact) mass is 518 g/mol. The zero-order valence-electron chi connectivity index (χ0n) is 19.1. The molecule has 35 heavy (non-hydrogen) atoms. The molecule has 0 radical (unpaired) electrons. The summed E-state index contributed by atoms with van der Waals surface area (Å²) in [6, 6.07) is 5.80. The molecule has 8 nitrogen and oxygen atoms in total. The van der Waals surface area contributed by atoms with Crippen LogP contribution in [-0.2, 0) is 32.1 Å². The highest BCUT2D eigenvalue weighted by molar-refractivity contribution is 7.90. The molecule has 2 atom stereocenters. The Hall–Kier alpha value is -2.77. The predicted octanol–water partition coefficient (Wildman–Crippen LogP) is 2.50. The zero-order valence-corrected chi connectivity index (χ0v) is 19.9. The van der Waals surface area contributed by atoms with E-state index in [1.54, 1.807) is 4.90 Å². The third-order valence-corrected chi connectivity index (χ3v) is 6.87. The Bertz CT molecular complexity index is 1180. The fourth-order valence-electron chi connectivity index (χ4n) is 3.58. The topological polar surface area (TPSA) is 115 Å². The first kappa shape index (κ1) is 26.8. The van der Waals surface area contributed by atoms with Crippen LogP contribution in [0.25, 0.3) is 0 Å². The number of sulfone groups is 1. The van der Waals surface area contributed by atoms with E-state index in [0.29, 0.717) is 31.9 Å². The van der Waals surface area contributed by atoms with Crippen LogP contribution < -0.4 is 16.0 Å². The van der Waals surface area contributed by atoms with Crippen LogP contribution in [0.3, 0.4) is 0 Å². The summed E-state index contributed by atoms with van der Waals surface area (Å²) in [6.07, 6.45) is -3.73. The summed E-state index contributed by atoms with van der Waals surface area (Å²) >= 11 is 0. The molecule has 1 fully saturated rings. The first-order valence-electron chi connectivity index (χ1n) is 10.7. The smallest absolute Gasteiger partial charge is 0.378 e. The molecule has 2 heterocycles. The van der Waals surface area contributed by atoms with Gasteiger partial charge in [-0.2, -0.15) is 13.2 Å². The normalized spacial score (nSPS) is 16.6. The number of halogens is 4. The van der Waals surface area contributed by atoms with Crippen LogP contribution >= 0.6 is 0 Å². The van der Waals surface area contributed by atoms with E-state index in [0.717, 1.165) is 18.4 Å². The van der Waals surface area contributed by atoms with Crippen LogP contribution in [0.2, 0.25) is 0 Å². The number of carbonyl (C=O) groups is 1. The second-order valence-corrected chi connectivity index (χ2v) is 10.4. The Balaban J connectivity index is 1.77. The standard InChI is InChI=1S/C22H26F4N4O4S/c1-13(14-3-5-16(17(23)11-14)19(27)35(2,32)33)21(31)28-12-15-4-6-18(22(24,25)26)29-20(15)30-7-9-34-10-8-30/h3-6,11,13,19H,7-10,12,27H2,1-2H3,(H,28,31). The van der Waals surface area contributed by atoms with Gasteiger partial charge in [-0.1, -0.05) is 18.2 Å². The number of amides is 1. The van der Waals surface area contributed by atoms with Gasteiger partial charge in [-0.15, -0.1) is 0 Å². The summed E-state index contributed by atoms with van der Waals surface area (Å²) in [7, 11) is -3.72. The van der Waals surface area contributed by atoms with Crippen LogP contribution in [0.5, 0.6) is 0 Å². The number of morpholine rings is 1. The number of benzene rings is 1. The largest absolute Gasteiger partial charge is 0.433 e. The SMILES string of the molecule is CC(C(=O)NCc1ccc(C(F)(F)F)nc1N1CCOCC1)c1ccc(C(N)S(C)(=O)=O)c(F)c1. The Morgan fingerprint density at radius 1 is 1.23 bits per heavy atom. The molecule has 3 N–H and O–H groups in total. The maximum absolute atomic E-state index is 14.5. The van der Waals surface area contributed by atoms with Gasteiger partial charge in [-0.05, 0) is 24.6 Å². The molecule has 2 aromatic rings. The molecule has 1 aliphatic rings. The highest BCUT2D eigenvalue weighted by atomic mass is 32.2. The maximum Gasteiger partial charge on any atom is 0.433 e. The van der Waals surface area contributed by atoms with E-state index in [2.05, 4.69) is 10.3 Å². The van der Waals surface area contributed by atoms with Gasteiger partial charge in [0, 0.05) is 37.0 Å². The fourth-order valence-corrected chi connectivity index (χ4v) is 4.24. The average Bonchev–Trinajstić information content (AvgIpc) is 2.80. The van der Waals surface area contributed by atoms with E-state index in [1.807, 2.05) is 0 Å². The van der Waals surface area contributed by atoms with E-state index in [-0.39, 0.29) is 23.5 Å². The average molecular weight is 519 g/mol. The quantitative estimate of drug-likeness (QED) is 0.542. The zero-order chi connectivity index (χ0) is 26.0. The van der Waals surface area contributed by atoms with Crippen molar-refractivity contribution >= 4 is 21.6 Å². The first-order chi connectivity index (χ1) is 16.3. The van der Waals surface area contributed by atoms with Gasteiger partial charge in [0.2, 0.25) is 5.91 Å². The number of nitrogens with two attached hydrogens (primary N) is 1.